The number of allylic oxidation sites excluding steroid dienone is 7. The summed E-state index contributed by atoms with van der Waals surface area (Å²) in [4.78, 5) is 0. The summed E-state index contributed by atoms with van der Waals surface area (Å²) in [6.45, 7) is 7.88. The monoisotopic (exact) mass is 224 g/mol. The Morgan fingerprint density at radius 2 is 2.00 bits per heavy atom. The normalized spacial score (nSPS) is 12.5. The van der Waals surface area contributed by atoms with Crippen LogP contribution < -0.4 is 0 Å². The Labute approximate surface area is 105 Å². The fourth-order valence-corrected chi connectivity index (χ4v) is 1.61. The van der Waals surface area contributed by atoms with Gasteiger partial charge in [0.05, 0.1) is 0 Å². The first-order valence-electron chi connectivity index (χ1n) is 5.93. The van der Waals surface area contributed by atoms with Crippen LogP contribution in [-0.4, -0.2) is 0 Å². The molecule has 88 valence electrons. The molecule has 0 spiro atoms. The predicted octanol–water partition coefficient (Wildman–Crippen LogP) is 4.78. The lowest BCUT2D eigenvalue weighted by Crippen LogP contribution is -1.91. The average molecular weight is 224 g/mol. The van der Waals surface area contributed by atoms with Crippen molar-refractivity contribution in [1.82, 2.24) is 0 Å². The Bertz CT molecular complexity index is 445. The van der Waals surface area contributed by atoms with Gasteiger partial charge in [-0.2, -0.15) is 0 Å². The van der Waals surface area contributed by atoms with Crippen LogP contribution >= 0.6 is 0 Å². The SMILES string of the molecule is C=C/C=C/C(=C/C=C\C)Cc1ccccc1C. The number of aryl methyl sites for hydroxylation is 1. The van der Waals surface area contributed by atoms with Crippen LogP contribution in [0.3, 0.4) is 0 Å². The van der Waals surface area contributed by atoms with Crippen LogP contribution in [0.2, 0.25) is 0 Å². The molecule has 0 heteroatoms. The minimum absolute atomic E-state index is 0.960. The molecule has 0 fully saturated rings. The van der Waals surface area contributed by atoms with E-state index in [1.165, 1.54) is 16.7 Å². The number of hydrogen-bond donors (Lipinski definition) is 0. The van der Waals surface area contributed by atoms with Crippen molar-refractivity contribution in [3.63, 3.8) is 0 Å². The summed E-state index contributed by atoms with van der Waals surface area (Å²) in [6, 6.07) is 8.50. The van der Waals surface area contributed by atoms with Crippen LogP contribution in [-0.2, 0) is 6.42 Å². The van der Waals surface area contributed by atoms with Gasteiger partial charge in [-0.15, -0.1) is 0 Å². The molecule has 0 heterocycles. The molecule has 0 aromatic heterocycles. The van der Waals surface area contributed by atoms with Crippen molar-refractivity contribution in [2.45, 2.75) is 20.3 Å². The van der Waals surface area contributed by atoms with Gasteiger partial charge < -0.3 is 0 Å². The smallest absolute Gasteiger partial charge is 0.00232 e. The first kappa shape index (κ1) is 13.2. The Balaban J connectivity index is 2.90. The molecular formula is C17H20. The van der Waals surface area contributed by atoms with Crippen molar-refractivity contribution < 1.29 is 0 Å². The first-order valence-corrected chi connectivity index (χ1v) is 5.93. The van der Waals surface area contributed by atoms with E-state index in [0.717, 1.165) is 6.42 Å². The van der Waals surface area contributed by atoms with E-state index in [9.17, 15) is 0 Å². The van der Waals surface area contributed by atoms with Crippen LogP contribution in [0, 0.1) is 6.92 Å². The molecule has 1 aromatic rings. The molecule has 0 bridgehead atoms. The molecule has 17 heavy (non-hydrogen) atoms. The van der Waals surface area contributed by atoms with Crippen molar-refractivity contribution in [3.8, 4) is 0 Å². The van der Waals surface area contributed by atoms with Gasteiger partial charge in [0, 0.05) is 0 Å². The van der Waals surface area contributed by atoms with Gasteiger partial charge in [0.25, 0.3) is 0 Å². The third-order valence-corrected chi connectivity index (χ3v) is 2.60. The number of benzene rings is 1. The second-order valence-corrected chi connectivity index (χ2v) is 3.97. The fourth-order valence-electron chi connectivity index (χ4n) is 1.61. The third-order valence-electron chi connectivity index (χ3n) is 2.60. The molecule has 1 rings (SSSR count). The van der Waals surface area contributed by atoms with Crippen LogP contribution in [0.5, 0.6) is 0 Å². The molecule has 0 aliphatic carbocycles. The van der Waals surface area contributed by atoms with Crippen LogP contribution in [0.1, 0.15) is 18.1 Å². The van der Waals surface area contributed by atoms with Crippen LogP contribution in [0.25, 0.3) is 0 Å². The lowest BCUT2D eigenvalue weighted by atomic mass is 10.00. The van der Waals surface area contributed by atoms with Crippen molar-refractivity contribution in [1.29, 1.82) is 0 Å². The Morgan fingerprint density at radius 3 is 2.65 bits per heavy atom. The molecular weight excluding hydrogens is 204 g/mol. The highest BCUT2D eigenvalue weighted by Gasteiger charge is 1.98. The van der Waals surface area contributed by atoms with Crippen molar-refractivity contribution in [3.05, 3.63) is 84.0 Å². The summed E-state index contributed by atoms with van der Waals surface area (Å²) >= 11 is 0. The molecule has 0 saturated carbocycles. The van der Waals surface area contributed by atoms with Gasteiger partial charge in [0.2, 0.25) is 0 Å². The topological polar surface area (TPSA) is 0 Å². The van der Waals surface area contributed by atoms with Gasteiger partial charge in [0.1, 0.15) is 0 Å². The second-order valence-electron chi connectivity index (χ2n) is 3.97. The maximum absolute atomic E-state index is 3.71. The largest absolute Gasteiger partial charge is 0.0991 e. The summed E-state index contributed by atoms with van der Waals surface area (Å²) in [5, 5.41) is 0. The third kappa shape index (κ3) is 4.69. The Kier molecular flexibility index (Phi) is 5.81. The van der Waals surface area contributed by atoms with E-state index in [1.807, 2.05) is 19.1 Å². The summed E-state index contributed by atoms with van der Waals surface area (Å²) < 4.78 is 0. The van der Waals surface area contributed by atoms with Crippen molar-refractivity contribution in [2.75, 3.05) is 0 Å². The predicted molar refractivity (Wildman–Crippen MR) is 77.1 cm³/mol. The van der Waals surface area contributed by atoms with E-state index < -0.39 is 0 Å². The Hall–Kier alpha value is -1.82. The highest BCUT2D eigenvalue weighted by Crippen LogP contribution is 2.14. The maximum Gasteiger partial charge on any atom is -0.00232 e. The molecule has 0 aliphatic heterocycles. The molecule has 0 atom stereocenters. The van der Waals surface area contributed by atoms with Crippen molar-refractivity contribution in [2.24, 2.45) is 0 Å². The standard InChI is InChI=1S/C17H20/c1-4-6-11-16(12-7-5-2)14-17-13-9-8-10-15(17)3/h4-13H,1,14H2,2-3H3/b7-5-,11-6+,16-12-. The van der Waals surface area contributed by atoms with Crippen LogP contribution in [0.4, 0.5) is 0 Å². The summed E-state index contributed by atoms with van der Waals surface area (Å²) in [5.74, 6) is 0. The molecule has 1 aromatic carbocycles. The molecule has 0 unspecified atom stereocenters. The van der Waals surface area contributed by atoms with E-state index in [2.05, 4.69) is 56.0 Å². The van der Waals surface area contributed by atoms with E-state index in [0.29, 0.717) is 0 Å². The van der Waals surface area contributed by atoms with Crippen molar-refractivity contribution >= 4 is 0 Å². The van der Waals surface area contributed by atoms with E-state index in [-0.39, 0.29) is 0 Å². The Morgan fingerprint density at radius 1 is 1.24 bits per heavy atom. The fraction of sp³-hybridized carbons (Fsp3) is 0.176. The van der Waals surface area contributed by atoms with Crippen LogP contribution in [0.15, 0.2) is 72.9 Å². The molecule has 0 saturated heterocycles. The van der Waals surface area contributed by atoms with Gasteiger partial charge in [0.15, 0.2) is 0 Å². The lowest BCUT2D eigenvalue weighted by Gasteiger charge is -2.05. The summed E-state index contributed by atoms with van der Waals surface area (Å²) in [5.41, 5.74) is 4.00. The number of hydrogen-bond acceptors (Lipinski definition) is 0. The molecule has 0 radical (unpaired) electrons. The highest BCUT2D eigenvalue weighted by atomic mass is 14.0. The quantitative estimate of drug-likeness (QED) is 0.631. The van der Waals surface area contributed by atoms with E-state index in [1.54, 1.807) is 6.08 Å². The minimum Gasteiger partial charge on any atom is -0.0991 e. The highest BCUT2D eigenvalue weighted by molar-refractivity contribution is 5.35. The van der Waals surface area contributed by atoms with Gasteiger partial charge in [-0.3, -0.25) is 0 Å². The van der Waals surface area contributed by atoms with E-state index >= 15 is 0 Å². The lowest BCUT2D eigenvalue weighted by molar-refractivity contribution is 1.16. The van der Waals surface area contributed by atoms with Gasteiger partial charge in [-0.1, -0.05) is 67.3 Å². The molecule has 0 nitrogen and oxygen atoms in total. The first-order chi connectivity index (χ1) is 8.27. The second kappa shape index (κ2) is 7.45. The molecule has 0 N–H and O–H groups in total. The zero-order chi connectivity index (χ0) is 12.5. The number of rotatable bonds is 5. The van der Waals surface area contributed by atoms with Gasteiger partial charge in [-0.05, 0) is 37.0 Å². The minimum atomic E-state index is 0.960. The maximum atomic E-state index is 3.71. The average Bonchev–Trinajstić information content (AvgIpc) is 2.35. The molecule has 0 aliphatic rings. The van der Waals surface area contributed by atoms with Gasteiger partial charge >= 0.3 is 0 Å². The van der Waals surface area contributed by atoms with Gasteiger partial charge in [-0.25, -0.2) is 0 Å². The zero-order valence-electron chi connectivity index (χ0n) is 10.7. The zero-order valence-corrected chi connectivity index (χ0v) is 10.7. The molecule has 0 amide bonds. The summed E-state index contributed by atoms with van der Waals surface area (Å²) in [7, 11) is 0. The van der Waals surface area contributed by atoms with E-state index in [4.69, 9.17) is 0 Å². The summed E-state index contributed by atoms with van der Waals surface area (Å²) in [6.07, 6.45) is 13.1.